The van der Waals surface area contributed by atoms with E-state index in [1.807, 2.05) is 17.4 Å². The van der Waals surface area contributed by atoms with Gasteiger partial charge in [-0.15, -0.1) is 22.7 Å². The molecule has 0 atom stereocenters. The van der Waals surface area contributed by atoms with Crippen LogP contribution in [-0.4, -0.2) is 14.5 Å². The molecule has 6 aromatic carbocycles. The Kier molecular flexibility index (Phi) is 4.75. The lowest BCUT2D eigenvalue weighted by Crippen LogP contribution is -2.01. The molecule has 43 heavy (non-hydrogen) atoms. The minimum Gasteiger partial charge on any atom is -0.292 e. The molecule has 0 spiro atoms. The second kappa shape index (κ2) is 8.71. The van der Waals surface area contributed by atoms with Gasteiger partial charge in [0.15, 0.2) is 11.6 Å². The molecule has 0 aliphatic heterocycles. The summed E-state index contributed by atoms with van der Waals surface area (Å²) in [5, 5.41) is 8.83. The van der Waals surface area contributed by atoms with Crippen molar-refractivity contribution >= 4 is 95.7 Å². The van der Waals surface area contributed by atoms with Crippen LogP contribution in [0.25, 0.3) is 90.3 Å². The van der Waals surface area contributed by atoms with Crippen molar-refractivity contribution in [2.75, 3.05) is 0 Å². The molecule has 0 radical (unpaired) electrons. The quantitative estimate of drug-likeness (QED) is 0.203. The van der Waals surface area contributed by atoms with E-state index in [9.17, 15) is 0 Å². The van der Waals surface area contributed by atoms with Gasteiger partial charge in [-0.05, 0) is 23.6 Å². The van der Waals surface area contributed by atoms with Crippen LogP contribution in [0.2, 0.25) is 0 Å². The predicted molar refractivity (Wildman–Crippen MR) is 185 cm³/mol. The maximum Gasteiger partial charge on any atom is 0.162 e. The van der Waals surface area contributed by atoms with Crippen molar-refractivity contribution in [3.8, 4) is 17.2 Å². The van der Waals surface area contributed by atoms with Crippen LogP contribution >= 0.6 is 22.7 Å². The van der Waals surface area contributed by atoms with Crippen LogP contribution in [0.3, 0.4) is 0 Å². The van der Waals surface area contributed by atoms with Gasteiger partial charge in [0, 0.05) is 52.0 Å². The highest BCUT2D eigenvalue weighted by Crippen LogP contribution is 2.49. The van der Waals surface area contributed by atoms with E-state index >= 15 is 0 Å². The third-order valence-electron chi connectivity index (χ3n) is 8.59. The number of para-hydroxylation sites is 1. The van der Waals surface area contributed by atoms with Gasteiger partial charge in [-0.2, -0.15) is 0 Å². The largest absolute Gasteiger partial charge is 0.292 e. The second-order valence-electron chi connectivity index (χ2n) is 10.9. The summed E-state index contributed by atoms with van der Waals surface area (Å²) in [6, 6.07) is 45.5. The summed E-state index contributed by atoms with van der Waals surface area (Å²) >= 11 is 3.66. The molecule has 4 aromatic heterocycles. The lowest BCUT2D eigenvalue weighted by molar-refractivity contribution is 1.08. The molecule has 0 unspecified atom stereocenters. The molecule has 0 bridgehead atoms. The lowest BCUT2D eigenvalue weighted by atomic mass is 10.00. The van der Waals surface area contributed by atoms with Crippen LogP contribution in [0.1, 0.15) is 0 Å². The Morgan fingerprint density at radius 3 is 1.88 bits per heavy atom. The average Bonchev–Trinajstić information content (AvgIpc) is 3.75. The maximum absolute atomic E-state index is 5.43. The van der Waals surface area contributed by atoms with Gasteiger partial charge >= 0.3 is 0 Å². The number of thiophene rings is 2. The highest BCUT2D eigenvalue weighted by atomic mass is 32.1. The molecular formula is C38H21N3S2. The van der Waals surface area contributed by atoms with Gasteiger partial charge in [0.05, 0.1) is 21.3 Å². The first-order valence-corrected chi connectivity index (χ1v) is 16.0. The van der Waals surface area contributed by atoms with Gasteiger partial charge in [-0.3, -0.25) is 4.57 Å². The molecule has 4 heterocycles. The summed E-state index contributed by atoms with van der Waals surface area (Å²) in [6.07, 6.45) is 0. The first-order valence-electron chi connectivity index (χ1n) is 14.4. The highest BCUT2D eigenvalue weighted by Gasteiger charge is 2.25. The SMILES string of the molecule is c1ccc(-c2nc(-n3c4ccccc4c4c5ccccc5c5sc6ccccc6c5c43)c3sc4ccccc4c3n2)cc1. The Balaban J connectivity index is 1.51. The number of aromatic nitrogens is 3. The van der Waals surface area contributed by atoms with Crippen LogP contribution in [-0.2, 0) is 0 Å². The van der Waals surface area contributed by atoms with Crippen LogP contribution in [0, 0.1) is 0 Å². The van der Waals surface area contributed by atoms with Crippen LogP contribution in [0.15, 0.2) is 127 Å². The zero-order valence-electron chi connectivity index (χ0n) is 22.8. The van der Waals surface area contributed by atoms with Gasteiger partial charge in [-0.25, -0.2) is 9.97 Å². The maximum atomic E-state index is 5.43. The zero-order valence-corrected chi connectivity index (χ0v) is 24.4. The number of fused-ring (bicyclic) bond motifs is 13. The molecule has 10 rings (SSSR count). The van der Waals surface area contributed by atoms with E-state index < -0.39 is 0 Å². The summed E-state index contributed by atoms with van der Waals surface area (Å²) in [7, 11) is 0. The summed E-state index contributed by atoms with van der Waals surface area (Å²) in [5.41, 5.74) is 4.38. The van der Waals surface area contributed by atoms with Crippen molar-refractivity contribution in [3.05, 3.63) is 127 Å². The van der Waals surface area contributed by atoms with Gasteiger partial charge in [0.1, 0.15) is 0 Å². The first kappa shape index (κ1) is 23.5. The smallest absolute Gasteiger partial charge is 0.162 e. The van der Waals surface area contributed by atoms with E-state index in [0.717, 1.165) is 32.9 Å². The molecule has 200 valence electrons. The van der Waals surface area contributed by atoms with E-state index in [-0.39, 0.29) is 0 Å². The van der Waals surface area contributed by atoms with Crippen molar-refractivity contribution < 1.29 is 0 Å². The fourth-order valence-electron chi connectivity index (χ4n) is 6.78. The normalized spacial score (nSPS) is 12.2. The van der Waals surface area contributed by atoms with Crippen molar-refractivity contribution in [2.45, 2.75) is 0 Å². The monoisotopic (exact) mass is 583 g/mol. The number of rotatable bonds is 2. The number of benzene rings is 6. The Hall–Kier alpha value is -5.10. The molecule has 3 nitrogen and oxygen atoms in total. The summed E-state index contributed by atoms with van der Waals surface area (Å²) in [4.78, 5) is 10.6. The molecule has 5 heteroatoms. The third-order valence-corrected chi connectivity index (χ3v) is 11.0. The summed E-state index contributed by atoms with van der Waals surface area (Å²) < 4.78 is 7.37. The number of hydrogen-bond donors (Lipinski definition) is 0. The Morgan fingerprint density at radius 2 is 1.07 bits per heavy atom. The molecule has 10 aromatic rings. The molecule has 0 amide bonds. The van der Waals surface area contributed by atoms with Gasteiger partial charge in [0.2, 0.25) is 0 Å². The molecule has 0 fully saturated rings. The Bertz CT molecular complexity index is 2730. The van der Waals surface area contributed by atoms with Crippen LogP contribution in [0.5, 0.6) is 0 Å². The molecule has 0 aliphatic carbocycles. The van der Waals surface area contributed by atoms with E-state index in [4.69, 9.17) is 9.97 Å². The topological polar surface area (TPSA) is 30.7 Å². The first-order chi connectivity index (χ1) is 21.3. The summed E-state index contributed by atoms with van der Waals surface area (Å²) in [6.45, 7) is 0. The van der Waals surface area contributed by atoms with Crippen molar-refractivity contribution in [1.29, 1.82) is 0 Å². The van der Waals surface area contributed by atoms with Crippen molar-refractivity contribution in [2.24, 2.45) is 0 Å². The molecule has 0 saturated heterocycles. The summed E-state index contributed by atoms with van der Waals surface area (Å²) in [5.74, 6) is 1.67. The van der Waals surface area contributed by atoms with Gasteiger partial charge in [-0.1, -0.05) is 109 Å². The minimum atomic E-state index is 0.741. The standard InChI is InChI=1S/C38H21N3S2/c1-2-12-22(13-3-1)37-39-33-27-18-8-11-21-30(27)43-36(33)38(40-37)41-28-19-9-6-16-25(28)31-23-14-4-5-15-24(23)35-32(34(31)41)26-17-7-10-20-29(26)42-35/h1-21H. The fraction of sp³-hybridized carbons (Fsp3) is 0. The van der Waals surface area contributed by atoms with Crippen molar-refractivity contribution in [3.63, 3.8) is 0 Å². The van der Waals surface area contributed by atoms with Gasteiger partial charge < -0.3 is 0 Å². The molecular weight excluding hydrogens is 563 g/mol. The Morgan fingerprint density at radius 1 is 0.465 bits per heavy atom. The molecule has 0 aliphatic rings. The molecule has 0 N–H and O–H groups in total. The number of hydrogen-bond acceptors (Lipinski definition) is 4. The van der Waals surface area contributed by atoms with Gasteiger partial charge in [0.25, 0.3) is 0 Å². The fourth-order valence-corrected chi connectivity index (χ4v) is 9.15. The van der Waals surface area contributed by atoms with E-state index in [0.29, 0.717) is 0 Å². The van der Waals surface area contributed by atoms with E-state index in [1.54, 1.807) is 11.3 Å². The average molecular weight is 584 g/mol. The highest BCUT2D eigenvalue weighted by molar-refractivity contribution is 7.27. The van der Waals surface area contributed by atoms with Crippen LogP contribution in [0.4, 0.5) is 0 Å². The second-order valence-corrected chi connectivity index (χ2v) is 13.0. The molecule has 0 saturated carbocycles. The van der Waals surface area contributed by atoms with E-state index in [1.165, 1.54) is 57.3 Å². The zero-order chi connectivity index (χ0) is 28.1. The third kappa shape index (κ3) is 3.18. The Labute approximate surface area is 253 Å². The van der Waals surface area contributed by atoms with E-state index in [2.05, 4.69) is 126 Å². The predicted octanol–water partition coefficient (Wildman–Crippen LogP) is 11.1. The lowest BCUT2D eigenvalue weighted by Gasteiger charge is -2.12. The minimum absolute atomic E-state index is 0.741. The van der Waals surface area contributed by atoms with Crippen LogP contribution < -0.4 is 0 Å². The van der Waals surface area contributed by atoms with Crippen molar-refractivity contribution in [1.82, 2.24) is 14.5 Å². The number of nitrogens with zero attached hydrogens (tertiary/aromatic N) is 3.